The number of rotatable bonds is 4. The number of benzene rings is 1. The van der Waals surface area contributed by atoms with Gasteiger partial charge in [-0.25, -0.2) is 23.1 Å². The highest BCUT2D eigenvalue weighted by atomic mass is 19.1. The maximum Gasteiger partial charge on any atom is 0.183 e. The van der Waals surface area contributed by atoms with E-state index in [-0.39, 0.29) is 28.6 Å². The van der Waals surface area contributed by atoms with E-state index in [0.717, 1.165) is 18.7 Å². The first kappa shape index (κ1) is 18.2. The predicted molar refractivity (Wildman–Crippen MR) is 96.4 cm³/mol. The Morgan fingerprint density at radius 3 is 2.54 bits per heavy atom. The minimum Gasteiger partial charge on any atom is -0.364 e. The van der Waals surface area contributed by atoms with Crippen molar-refractivity contribution >= 4 is 16.7 Å². The van der Waals surface area contributed by atoms with Crippen molar-refractivity contribution in [3.8, 4) is 11.4 Å². The third-order valence-corrected chi connectivity index (χ3v) is 4.46. The van der Waals surface area contributed by atoms with Crippen molar-refractivity contribution in [3.05, 3.63) is 42.0 Å². The Labute approximate surface area is 149 Å². The molecular weight excluding hydrogens is 341 g/mol. The van der Waals surface area contributed by atoms with E-state index >= 15 is 0 Å². The van der Waals surface area contributed by atoms with Crippen LogP contribution in [0.15, 0.2) is 24.5 Å². The summed E-state index contributed by atoms with van der Waals surface area (Å²) < 4.78 is 41.7. The first-order valence-electron chi connectivity index (χ1n) is 8.46. The second-order valence-corrected chi connectivity index (χ2v) is 7.37. The SMILES string of the molecule is CCC(Nc1nc(-c2c[nH]c3c(F)cc(F)cc23)ncc1F)C(C)(C)C. The fourth-order valence-electron chi connectivity index (χ4n) is 3.03. The summed E-state index contributed by atoms with van der Waals surface area (Å²) in [5.74, 6) is -1.72. The molecule has 1 atom stereocenters. The molecule has 0 spiro atoms. The van der Waals surface area contributed by atoms with Gasteiger partial charge in [0.15, 0.2) is 17.5 Å². The topological polar surface area (TPSA) is 53.6 Å². The molecule has 26 heavy (non-hydrogen) atoms. The van der Waals surface area contributed by atoms with E-state index in [1.165, 1.54) is 12.3 Å². The van der Waals surface area contributed by atoms with Gasteiger partial charge in [0, 0.05) is 29.3 Å². The molecule has 0 saturated heterocycles. The fourth-order valence-corrected chi connectivity index (χ4v) is 3.03. The third-order valence-electron chi connectivity index (χ3n) is 4.46. The average molecular weight is 362 g/mol. The van der Waals surface area contributed by atoms with E-state index < -0.39 is 17.5 Å². The molecule has 2 N–H and O–H groups in total. The lowest BCUT2D eigenvalue weighted by atomic mass is 9.85. The number of hydrogen-bond donors (Lipinski definition) is 2. The number of H-pyrrole nitrogens is 1. The molecule has 0 radical (unpaired) electrons. The number of aromatic nitrogens is 3. The van der Waals surface area contributed by atoms with Gasteiger partial charge in [-0.1, -0.05) is 27.7 Å². The van der Waals surface area contributed by atoms with Gasteiger partial charge >= 0.3 is 0 Å². The van der Waals surface area contributed by atoms with Crippen LogP contribution in [-0.4, -0.2) is 21.0 Å². The zero-order valence-corrected chi connectivity index (χ0v) is 15.1. The van der Waals surface area contributed by atoms with Crippen LogP contribution < -0.4 is 5.32 Å². The number of aromatic amines is 1. The van der Waals surface area contributed by atoms with Crippen LogP contribution in [0, 0.1) is 22.9 Å². The maximum absolute atomic E-state index is 14.2. The number of hydrogen-bond acceptors (Lipinski definition) is 3. The van der Waals surface area contributed by atoms with Gasteiger partial charge < -0.3 is 10.3 Å². The third kappa shape index (κ3) is 3.38. The van der Waals surface area contributed by atoms with Gasteiger partial charge in [-0.2, -0.15) is 0 Å². The molecular formula is C19H21F3N4. The lowest BCUT2D eigenvalue weighted by Gasteiger charge is -2.31. The van der Waals surface area contributed by atoms with Gasteiger partial charge in [0.25, 0.3) is 0 Å². The normalized spacial score (nSPS) is 13.2. The van der Waals surface area contributed by atoms with Gasteiger partial charge in [-0.05, 0) is 17.9 Å². The smallest absolute Gasteiger partial charge is 0.183 e. The van der Waals surface area contributed by atoms with E-state index in [1.807, 2.05) is 6.92 Å². The van der Waals surface area contributed by atoms with Crippen LogP contribution in [0.2, 0.25) is 0 Å². The number of fused-ring (bicyclic) bond motifs is 1. The van der Waals surface area contributed by atoms with Crippen molar-refractivity contribution in [2.45, 2.75) is 40.2 Å². The molecule has 1 unspecified atom stereocenters. The van der Waals surface area contributed by atoms with E-state index in [0.29, 0.717) is 10.9 Å². The maximum atomic E-state index is 14.2. The summed E-state index contributed by atoms with van der Waals surface area (Å²) in [4.78, 5) is 11.0. The van der Waals surface area contributed by atoms with Crippen molar-refractivity contribution < 1.29 is 13.2 Å². The Morgan fingerprint density at radius 2 is 1.88 bits per heavy atom. The molecule has 0 saturated carbocycles. The van der Waals surface area contributed by atoms with Crippen molar-refractivity contribution in [1.82, 2.24) is 15.0 Å². The molecule has 0 aliphatic rings. The molecule has 0 aliphatic heterocycles. The van der Waals surface area contributed by atoms with E-state index in [4.69, 9.17) is 0 Å². The van der Waals surface area contributed by atoms with Crippen LogP contribution >= 0.6 is 0 Å². The second kappa shape index (κ2) is 6.63. The molecule has 0 fully saturated rings. The Kier molecular flexibility index (Phi) is 4.64. The molecule has 1 aromatic carbocycles. The summed E-state index contributed by atoms with van der Waals surface area (Å²) in [6, 6.07) is 2.00. The van der Waals surface area contributed by atoms with Crippen molar-refractivity contribution in [2.24, 2.45) is 5.41 Å². The standard InChI is InChI=1S/C19H21F3N4/c1-5-15(19(2,3)4)25-18-14(22)9-24-17(26-18)12-8-23-16-11(12)6-10(20)7-13(16)21/h6-9,15,23H,5H2,1-4H3,(H,24,25,26). The zero-order valence-electron chi connectivity index (χ0n) is 15.1. The number of nitrogens with one attached hydrogen (secondary N) is 2. The van der Waals surface area contributed by atoms with Gasteiger partial charge in [0.1, 0.15) is 11.6 Å². The summed E-state index contributed by atoms with van der Waals surface area (Å²) in [6.45, 7) is 8.17. The molecule has 7 heteroatoms. The molecule has 0 amide bonds. The largest absolute Gasteiger partial charge is 0.364 e. The Hall–Kier alpha value is -2.57. The van der Waals surface area contributed by atoms with Crippen LogP contribution in [0.3, 0.4) is 0 Å². The minimum absolute atomic E-state index is 0.00222. The van der Waals surface area contributed by atoms with Gasteiger partial charge in [0.05, 0.1) is 11.7 Å². The highest BCUT2D eigenvalue weighted by Gasteiger charge is 2.25. The number of nitrogens with zero attached hydrogens (tertiary/aromatic N) is 2. The van der Waals surface area contributed by atoms with Crippen LogP contribution in [0.25, 0.3) is 22.3 Å². The first-order valence-corrected chi connectivity index (χ1v) is 8.46. The van der Waals surface area contributed by atoms with Crippen LogP contribution in [0.1, 0.15) is 34.1 Å². The Morgan fingerprint density at radius 1 is 1.15 bits per heavy atom. The minimum atomic E-state index is -0.703. The highest BCUT2D eigenvalue weighted by Crippen LogP contribution is 2.31. The first-order chi connectivity index (χ1) is 12.2. The van der Waals surface area contributed by atoms with Crippen molar-refractivity contribution in [1.29, 1.82) is 0 Å². The van der Waals surface area contributed by atoms with Gasteiger partial charge in [-0.3, -0.25) is 0 Å². The Bertz CT molecular complexity index is 944. The molecule has 3 rings (SSSR count). The molecule has 2 heterocycles. The van der Waals surface area contributed by atoms with E-state index in [1.54, 1.807) is 0 Å². The molecule has 0 aliphatic carbocycles. The zero-order chi connectivity index (χ0) is 19.1. The summed E-state index contributed by atoms with van der Waals surface area (Å²) >= 11 is 0. The Balaban J connectivity index is 2.06. The lowest BCUT2D eigenvalue weighted by Crippen LogP contribution is -2.34. The van der Waals surface area contributed by atoms with Gasteiger partial charge in [-0.15, -0.1) is 0 Å². The average Bonchev–Trinajstić information content (AvgIpc) is 2.97. The fraction of sp³-hybridized carbons (Fsp3) is 0.368. The quantitative estimate of drug-likeness (QED) is 0.664. The van der Waals surface area contributed by atoms with Crippen LogP contribution in [-0.2, 0) is 0 Å². The summed E-state index contributed by atoms with van der Waals surface area (Å²) in [7, 11) is 0. The van der Waals surface area contributed by atoms with Crippen molar-refractivity contribution in [3.63, 3.8) is 0 Å². The predicted octanol–water partition coefficient (Wildman–Crippen LogP) is 5.28. The van der Waals surface area contributed by atoms with Gasteiger partial charge in [0.2, 0.25) is 0 Å². The molecule has 4 nitrogen and oxygen atoms in total. The van der Waals surface area contributed by atoms with Crippen molar-refractivity contribution in [2.75, 3.05) is 5.32 Å². The number of halogens is 3. The van der Waals surface area contributed by atoms with Crippen LogP contribution in [0.4, 0.5) is 19.0 Å². The monoisotopic (exact) mass is 362 g/mol. The summed E-state index contributed by atoms with van der Waals surface area (Å²) in [5.41, 5.74) is 0.467. The summed E-state index contributed by atoms with van der Waals surface area (Å²) in [5, 5.41) is 3.43. The highest BCUT2D eigenvalue weighted by molar-refractivity contribution is 5.94. The summed E-state index contributed by atoms with van der Waals surface area (Å²) in [6.07, 6.45) is 3.34. The van der Waals surface area contributed by atoms with Crippen LogP contribution in [0.5, 0.6) is 0 Å². The second-order valence-electron chi connectivity index (χ2n) is 7.37. The molecule has 0 bridgehead atoms. The molecule has 2 aromatic heterocycles. The number of anilines is 1. The molecule has 3 aromatic rings. The van der Waals surface area contributed by atoms with E-state index in [2.05, 4.69) is 41.0 Å². The van der Waals surface area contributed by atoms with E-state index in [9.17, 15) is 13.2 Å². The lowest BCUT2D eigenvalue weighted by molar-refractivity contribution is 0.332. The molecule has 138 valence electrons.